The van der Waals surface area contributed by atoms with Crippen LogP contribution in [0.1, 0.15) is 76.8 Å². The van der Waals surface area contributed by atoms with Gasteiger partial charge in [0.25, 0.3) is 0 Å². The third-order valence-corrected chi connectivity index (χ3v) is 9.52. The summed E-state index contributed by atoms with van der Waals surface area (Å²) in [4.78, 5) is 69.0. The van der Waals surface area contributed by atoms with Gasteiger partial charge in [0.2, 0.25) is 11.8 Å². The van der Waals surface area contributed by atoms with Gasteiger partial charge in [0.1, 0.15) is 29.3 Å². The van der Waals surface area contributed by atoms with Gasteiger partial charge in [-0.15, -0.1) is 0 Å². The molecule has 3 aliphatic heterocycles. The Hall–Kier alpha value is -3.51. The van der Waals surface area contributed by atoms with Crippen molar-refractivity contribution < 1.29 is 38.6 Å². The number of halogens is 2. The van der Waals surface area contributed by atoms with Gasteiger partial charge in [0, 0.05) is 25.4 Å². The lowest BCUT2D eigenvalue weighted by Crippen LogP contribution is -2.56. The Morgan fingerprint density at radius 1 is 1.07 bits per heavy atom. The van der Waals surface area contributed by atoms with Crippen LogP contribution in [0, 0.1) is 5.92 Å². The van der Waals surface area contributed by atoms with Crippen LogP contribution in [0.2, 0.25) is 10.0 Å². The first-order valence-electron chi connectivity index (χ1n) is 15.6. The second-order valence-corrected chi connectivity index (χ2v) is 14.3. The second-order valence-electron chi connectivity index (χ2n) is 13.5. The number of hydrogen-bond donors (Lipinski definition) is 3. The molecule has 1 aromatic carbocycles. The first-order valence-corrected chi connectivity index (χ1v) is 16.4. The maximum absolute atomic E-state index is 14.1. The summed E-state index contributed by atoms with van der Waals surface area (Å²) in [5.41, 5.74) is -0.604. The third kappa shape index (κ3) is 7.54. The Morgan fingerprint density at radius 2 is 1.74 bits per heavy atom. The fourth-order valence-corrected chi connectivity index (χ4v) is 6.71. The van der Waals surface area contributed by atoms with Crippen molar-refractivity contribution in [2.45, 2.75) is 108 Å². The number of amides is 4. The Morgan fingerprint density at radius 3 is 2.37 bits per heavy atom. The standard InChI is InChI=1S/C32H40Cl2N4O8/c1-31(2,3)46-29(43)35-24-10-8-6-4-5-7-9-20-14-32(20,28(41)42)36-26(39)25-13-21(17-38(25)27(24)40)45-30(44)37-15-18-11-22(33)23(34)12-19(18)16-37/h7,9,11-12,20-21,24-25H,4-6,8,10,13-17H2,1-3H3,(H,35,43)(H,36,39)(H,41,42)/b9-7-/t20-,21-,24+,25+,32-/m1/s1. The molecule has 3 N–H and O–H groups in total. The fourth-order valence-electron chi connectivity index (χ4n) is 6.33. The van der Waals surface area contributed by atoms with E-state index in [0.29, 0.717) is 22.9 Å². The molecular weight excluding hydrogens is 639 g/mol. The summed E-state index contributed by atoms with van der Waals surface area (Å²) in [7, 11) is 0. The van der Waals surface area contributed by atoms with E-state index < -0.39 is 59.3 Å². The first kappa shape index (κ1) is 33.8. The van der Waals surface area contributed by atoms with E-state index in [9.17, 15) is 29.1 Å². The number of carbonyl (C=O) groups excluding carboxylic acids is 4. The molecule has 4 amide bonds. The maximum Gasteiger partial charge on any atom is 0.410 e. The van der Waals surface area contributed by atoms with Crippen molar-refractivity contribution in [2.24, 2.45) is 5.92 Å². The van der Waals surface area contributed by atoms with E-state index in [0.717, 1.165) is 30.4 Å². The largest absolute Gasteiger partial charge is 0.479 e. The molecule has 0 bridgehead atoms. The monoisotopic (exact) mass is 678 g/mol. The molecule has 1 saturated heterocycles. The minimum atomic E-state index is -1.48. The molecule has 0 radical (unpaired) electrons. The van der Waals surface area contributed by atoms with E-state index in [1.165, 1.54) is 9.80 Å². The van der Waals surface area contributed by atoms with Crippen molar-refractivity contribution >= 4 is 53.2 Å². The van der Waals surface area contributed by atoms with Crippen molar-refractivity contribution in [2.75, 3.05) is 6.54 Å². The van der Waals surface area contributed by atoms with Crippen LogP contribution in [0.4, 0.5) is 9.59 Å². The molecule has 1 saturated carbocycles. The van der Waals surface area contributed by atoms with E-state index >= 15 is 0 Å². The zero-order chi connectivity index (χ0) is 33.4. The Labute approximate surface area is 277 Å². The summed E-state index contributed by atoms with van der Waals surface area (Å²) >= 11 is 12.3. The first-order chi connectivity index (χ1) is 21.7. The van der Waals surface area contributed by atoms with E-state index in [1.54, 1.807) is 32.9 Å². The van der Waals surface area contributed by atoms with Crippen molar-refractivity contribution in [3.63, 3.8) is 0 Å². The van der Waals surface area contributed by atoms with E-state index in [1.807, 2.05) is 12.2 Å². The SMILES string of the molecule is CC(C)(C)OC(=O)N[C@H]1CCCCC/C=C\[C@@H]2C[C@@]2(C(=O)O)NC(=O)[C@@H]2C[C@@H](OC(=O)N3Cc4cc(Cl)c(Cl)cc4C3)CN2C1=O. The second kappa shape index (κ2) is 13.3. The van der Waals surface area contributed by atoms with Crippen molar-refractivity contribution in [3.05, 3.63) is 45.5 Å². The summed E-state index contributed by atoms with van der Waals surface area (Å²) in [5.74, 6) is -2.73. The number of nitrogens with zero attached hydrogens (tertiary/aromatic N) is 2. The van der Waals surface area contributed by atoms with Gasteiger partial charge in [-0.25, -0.2) is 14.4 Å². The number of carboxylic acids is 1. The molecule has 3 heterocycles. The van der Waals surface area contributed by atoms with Crippen LogP contribution in [0.3, 0.4) is 0 Å². The highest BCUT2D eigenvalue weighted by atomic mass is 35.5. The van der Waals surface area contributed by atoms with Crippen LogP contribution in [0.5, 0.6) is 0 Å². The van der Waals surface area contributed by atoms with E-state index in [2.05, 4.69) is 10.6 Å². The predicted molar refractivity (Wildman–Crippen MR) is 168 cm³/mol. The number of rotatable bonds is 3. The molecular formula is C32H40Cl2N4O8. The highest BCUT2D eigenvalue weighted by Gasteiger charge is 2.61. The minimum absolute atomic E-state index is 0.0445. The van der Waals surface area contributed by atoms with Crippen molar-refractivity contribution in [1.29, 1.82) is 0 Å². The molecule has 4 aliphatic rings. The molecule has 46 heavy (non-hydrogen) atoms. The maximum atomic E-state index is 14.1. The van der Waals surface area contributed by atoms with Gasteiger partial charge in [-0.3, -0.25) is 14.5 Å². The molecule has 0 unspecified atom stereocenters. The van der Waals surface area contributed by atoms with Gasteiger partial charge in [0.05, 0.1) is 16.6 Å². The molecule has 250 valence electrons. The quantitative estimate of drug-likeness (QED) is 0.386. The molecule has 2 fully saturated rings. The normalized spacial score (nSPS) is 28.9. The van der Waals surface area contributed by atoms with E-state index in [4.69, 9.17) is 32.7 Å². The Kier molecular flexibility index (Phi) is 9.79. The zero-order valence-electron chi connectivity index (χ0n) is 26.1. The number of ether oxygens (including phenoxy) is 2. The number of alkyl carbamates (subject to hydrolysis) is 1. The van der Waals surface area contributed by atoms with Crippen LogP contribution in [0.15, 0.2) is 24.3 Å². The molecule has 0 aromatic heterocycles. The molecule has 14 heteroatoms. The predicted octanol–water partition coefficient (Wildman–Crippen LogP) is 4.79. The average Bonchev–Trinajstić information content (AvgIpc) is 3.27. The van der Waals surface area contributed by atoms with Gasteiger partial charge in [0.15, 0.2) is 0 Å². The van der Waals surface area contributed by atoms with Crippen LogP contribution in [-0.4, -0.2) is 80.7 Å². The van der Waals surface area contributed by atoms with Gasteiger partial charge in [-0.2, -0.15) is 0 Å². The Bertz CT molecular complexity index is 1410. The molecule has 0 spiro atoms. The average molecular weight is 680 g/mol. The topological polar surface area (TPSA) is 155 Å². The van der Waals surface area contributed by atoms with Crippen molar-refractivity contribution in [3.8, 4) is 0 Å². The summed E-state index contributed by atoms with van der Waals surface area (Å²) in [6.07, 6.45) is 4.91. The number of carboxylic acid groups (broad SMARTS) is 1. The molecule has 1 aromatic rings. The number of aliphatic carboxylic acids is 1. The minimum Gasteiger partial charge on any atom is -0.479 e. The van der Waals surface area contributed by atoms with Gasteiger partial charge in [-0.05, 0) is 69.7 Å². The summed E-state index contributed by atoms with van der Waals surface area (Å²) in [5, 5.41) is 16.2. The summed E-state index contributed by atoms with van der Waals surface area (Å²) < 4.78 is 11.2. The van der Waals surface area contributed by atoms with Crippen LogP contribution in [0.25, 0.3) is 0 Å². The summed E-state index contributed by atoms with van der Waals surface area (Å²) in [6.45, 7) is 5.53. The molecule has 1 aliphatic carbocycles. The lowest BCUT2D eigenvalue weighted by molar-refractivity contribution is -0.145. The third-order valence-electron chi connectivity index (χ3n) is 8.80. The zero-order valence-corrected chi connectivity index (χ0v) is 27.7. The highest BCUT2D eigenvalue weighted by Crippen LogP contribution is 2.45. The van der Waals surface area contributed by atoms with Crippen molar-refractivity contribution in [1.82, 2.24) is 20.4 Å². The molecule has 12 nitrogen and oxygen atoms in total. The number of hydrogen-bond acceptors (Lipinski definition) is 7. The van der Waals surface area contributed by atoms with Crippen LogP contribution < -0.4 is 10.6 Å². The number of benzene rings is 1. The fraction of sp³-hybridized carbons (Fsp3) is 0.594. The molecule has 5 atom stereocenters. The van der Waals surface area contributed by atoms with Gasteiger partial charge < -0.3 is 30.1 Å². The number of nitrogens with one attached hydrogen (secondary N) is 2. The van der Waals surface area contributed by atoms with Gasteiger partial charge in [-0.1, -0.05) is 48.2 Å². The van der Waals surface area contributed by atoms with Crippen LogP contribution >= 0.6 is 23.2 Å². The lowest BCUT2D eigenvalue weighted by atomic mass is 10.0. The molecule has 5 rings (SSSR count). The van der Waals surface area contributed by atoms with Gasteiger partial charge >= 0.3 is 18.2 Å². The van der Waals surface area contributed by atoms with Crippen LogP contribution in [-0.2, 0) is 36.9 Å². The number of carbonyl (C=O) groups is 5. The lowest BCUT2D eigenvalue weighted by Gasteiger charge is -2.30. The smallest absolute Gasteiger partial charge is 0.410 e. The highest BCUT2D eigenvalue weighted by molar-refractivity contribution is 6.42. The number of fused-ring (bicyclic) bond motifs is 3. The summed E-state index contributed by atoms with van der Waals surface area (Å²) in [6, 6.07) is 1.27. The Balaban J connectivity index is 1.37. The van der Waals surface area contributed by atoms with E-state index in [-0.39, 0.29) is 38.4 Å². The number of allylic oxidation sites excluding steroid dienone is 1.